The van der Waals surface area contributed by atoms with Crippen molar-refractivity contribution < 1.29 is 82.4 Å². The normalized spacial score (nSPS) is 10.5. The van der Waals surface area contributed by atoms with Crippen LogP contribution in [0.3, 0.4) is 0 Å². The van der Waals surface area contributed by atoms with E-state index in [1.807, 2.05) is 0 Å². The van der Waals surface area contributed by atoms with Gasteiger partial charge >= 0.3 is 59.1 Å². The first-order valence-corrected chi connectivity index (χ1v) is 3.44. The largest absolute Gasteiger partial charge is 1.00 e. The van der Waals surface area contributed by atoms with Crippen LogP contribution in [0.5, 0.6) is 0 Å². The third-order valence-electron chi connectivity index (χ3n) is 0.418. The number of phosphoric acid groups is 1. The van der Waals surface area contributed by atoms with E-state index in [1.165, 1.54) is 0 Å². The molecule has 0 aromatic heterocycles. The molecular weight excluding hydrogens is 196 g/mol. The van der Waals surface area contributed by atoms with Crippen molar-refractivity contribution in [2.45, 2.75) is 0 Å². The van der Waals surface area contributed by atoms with Crippen LogP contribution >= 0.6 is 7.82 Å². The van der Waals surface area contributed by atoms with Gasteiger partial charge in [-0.05, 0) is 6.08 Å². The molecule has 0 aliphatic heterocycles. The first-order valence-electron chi connectivity index (χ1n) is 1.98. The average molecular weight is 200 g/mol. The number of halogens is 1. The smallest absolute Gasteiger partial charge is 0.790 e. The molecule has 0 amide bonds. The fraction of sp³-hybridized carbons (Fsp3) is 0.333. The molecule has 4 nitrogen and oxygen atoms in total. The molecule has 0 heterocycles. The van der Waals surface area contributed by atoms with Gasteiger partial charge in [0.15, 0.2) is 0 Å². The molecular formula is C3H4FNa2O4P. The topological polar surface area (TPSA) is 72.4 Å². The van der Waals surface area contributed by atoms with Crippen molar-refractivity contribution in [3.63, 3.8) is 0 Å². The maximum absolute atomic E-state index is 11.0. The minimum Gasteiger partial charge on any atom is -0.790 e. The van der Waals surface area contributed by atoms with Gasteiger partial charge in [-0.1, -0.05) is 0 Å². The van der Waals surface area contributed by atoms with Gasteiger partial charge in [-0.2, -0.15) is 0 Å². The van der Waals surface area contributed by atoms with Crippen LogP contribution in [0.2, 0.25) is 0 Å². The summed E-state index contributed by atoms with van der Waals surface area (Å²) in [5.41, 5.74) is 0. The Kier molecular flexibility index (Phi) is 16.6. The Labute approximate surface area is 108 Å². The van der Waals surface area contributed by atoms with Gasteiger partial charge < -0.3 is 18.9 Å². The van der Waals surface area contributed by atoms with E-state index in [2.05, 4.69) is 4.52 Å². The molecule has 0 atom stereocenters. The third-order valence-corrected chi connectivity index (χ3v) is 0.883. The van der Waals surface area contributed by atoms with Crippen LogP contribution in [-0.2, 0) is 9.09 Å². The van der Waals surface area contributed by atoms with E-state index in [0.29, 0.717) is 0 Å². The van der Waals surface area contributed by atoms with Gasteiger partial charge in [-0.15, -0.1) is 0 Å². The van der Waals surface area contributed by atoms with Crippen molar-refractivity contribution in [2.75, 3.05) is 6.61 Å². The van der Waals surface area contributed by atoms with Gasteiger partial charge in [0.25, 0.3) is 0 Å². The van der Waals surface area contributed by atoms with E-state index in [-0.39, 0.29) is 65.4 Å². The van der Waals surface area contributed by atoms with Crippen molar-refractivity contribution in [3.05, 3.63) is 12.4 Å². The maximum Gasteiger partial charge on any atom is 1.00 e. The Bertz CT molecular complexity index is 146. The fourth-order valence-corrected chi connectivity index (χ4v) is 0.439. The summed E-state index contributed by atoms with van der Waals surface area (Å²) in [5, 5.41) is 0. The Morgan fingerprint density at radius 3 is 2.18 bits per heavy atom. The molecule has 0 saturated carbocycles. The van der Waals surface area contributed by atoms with Crippen molar-refractivity contribution in [3.8, 4) is 0 Å². The average Bonchev–Trinajstić information content (AvgIpc) is 1.63. The molecule has 8 heteroatoms. The molecule has 54 valence electrons. The Hall–Kier alpha value is 1.78. The SMILES string of the molecule is O=P([O-])([O-])OCC=CF.[Na+].[Na+]. The molecule has 0 bridgehead atoms. The summed E-state index contributed by atoms with van der Waals surface area (Å²) in [6.07, 6.45) is 0.859. The first-order chi connectivity index (χ1) is 4.06. The first kappa shape index (κ1) is 18.5. The van der Waals surface area contributed by atoms with Crippen LogP contribution in [-0.4, -0.2) is 6.61 Å². The second kappa shape index (κ2) is 9.86. The summed E-state index contributed by atoms with van der Waals surface area (Å²) >= 11 is 0. The molecule has 11 heavy (non-hydrogen) atoms. The van der Waals surface area contributed by atoms with Crippen molar-refractivity contribution in [2.24, 2.45) is 0 Å². The van der Waals surface area contributed by atoms with Crippen LogP contribution in [0.15, 0.2) is 12.4 Å². The van der Waals surface area contributed by atoms with E-state index in [0.717, 1.165) is 6.08 Å². The summed E-state index contributed by atoms with van der Waals surface area (Å²) in [6, 6.07) is 0. The number of phosphoric ester groups is 1. The van der Waals surface area contributed by atoms with E-state index in [4.69, 9.17) is 0 Å². The summed E-state index contributed by atoms with van der Waals surface area (Å²) in [4.78, 5) is 19.2. The summed E-state index contributed by atoms with van der Waals surface area (Å²) in [5.74, 6) is 0. The standard InChI is InChI=1S/C3H6FO4P.2Na/c4-2-1-3-8-9(5,6)7;;/h1-2H,3H2,(H2,5,6,7);;/q;2*+1/p-2. The van der Waals surface area contributed by atoms with Gasteiger partial charge in [0.05, 0.1) is 20.8 Å². The van der Waals surface area contributed by atoms with Crippen molar-refractivity contribution in [1.29, 1.82) is 0 Å². The van der Waals surface area contributed by atoms with Crippen LogP contribution < -0.4 is 68.9 Å². The van der Waals surface area contributed by atoms with E-state index in [9.17, 15) is 18.7 Å². The zero-order valence-corrected chi connectivity index (χ0v) is 11.2. The van der Waals surface area contributed by atoms with E-state index < -0.39 is 14.4 Å². The fourth-order valence-electron chi connectivity index (χ4n) is 0.171. The molecule has 0 radical (unpaired) electrons. The van der Waals surface area contributed by atoms with Crippen LogP contribution in [0.25, 0.3) is 0 Å². The molecule has 0 fully saturated rings. The van der Waals surface area contributed by atoms with E-state index in [1.54, 1.807) is 0 Å². The Balaban J connectivity index is -0.000000320. The molecule has 0 aromatic carbocycles. The van der Waals surface area contributed by atoms with Gasteiger partial charge in [0.1, 0.15) is 0 Å². The molecule has 0 N–H and O–H groups in total. The quantitative estimate of drug-likeness (QED) is 0.335. The van der Waals surface area contributed by atoms with Crippen LogP contribution in [0, 0.1) is 0 Å². The van der Waals surface area contributed by atoms with E-state index >= 15 is 0 Å². The Morgan fingerprint density at radius 2 is 1.91 bits per heavy atom. The van der Waals surface area contributed by atoms with Crippen molar-refractivity contribution >= 4 is 7.82 Å². The Morgan fingerprint density at radius 1 is 1.45 bits per heavy atom. The second-order valence-corrected chi connectivity index (χ2v) is 2.26. The van der Waals surface area contributed by atoms with Gasteiger partial charge in [-0.3, -0.25) is 0 Å². The molecule has 0 aliphatic carbocycles. The van der Waals surface area contributed by atoms with Gasteiger partial charge in [-0.25, -0.2) is 4.39 Å². The summed E-state index contributed by atoms with van der Waals surface area (Å²) < 4.78 is 24.2. The monoisotopic (exact) mass is 200 g/mol. The van der Waals surface area contributed by atoms with Crippen molar-refractivity contribution in [1.82, 2.24) is 0 Å². The zero-order chi connectivity index (χ0) is 7.33. The number of hydrogen-bond donors (Lipinski definition) is 0. The predicted octanol–water partition coefficient (Wildman–Crippen LogP) is -6.68. The molecule has 0 saturated heterocycles. The third kappa shape index (κ3) is 18.6. The predicted molar refractivity (Wildman–Crippen MR) is 23.8 cm³/mol. The molecule has 0 rings (SSSR count). The van der Waals surface area contributed by atoms with Crippen LogP contribution in [0.4, 0.5) is 4.39 Å². The number of rotatable bonds is 3. The maximum atomic E-state index is 11.0. The minimum atomic E-state index is -4.91. The molecule has 0 spiro atoms. The summed E-state index contributed by atoms with van der Waals surface area (Å²) in [6.45, 7) is -0.541. The zero-order valence-electron chi connectivity index (χ0n) is 6.32. The van der Waals surface area contributed by atoms with Gasteiger partial charge in [0, 0.05) is 0 Å². The minimum absolute atomic E-state index is 0. The summed E-state index contributed by atoms with van der Waals surface area (Å²) in [7, 11) is -4.91. The molecule has 0 aromatic rings. The molecule has 0 aliphatic rings. The second-order valence-electron chi connectivity index (χ2n) is 1.10. The van der Waals surface area contributed by atoms with Crippen LogP contribution in [0.1, 0.15) is 0 Å². The number of hydrogen-bond acceptors (Lipinski definition) is 4. The molecule has 0 unspecified atom stereocenters. The van der Waals surface area contributed by atoms with Gasteiger partial charge in [0.2, 0.25) is 0 Å².